The van der Waals surface area contributed by atoms with E-state index in [0.717, 1.165) is 49.4 Å². The quantitative estimate of drug-likeness (QED) is 0.0276. The number of amides is 6. The number of hydrogen-bond acceptors (Lipinski definition) is 20. The van der Waals surface area contributed by atoms with Crippen LogP contribution in [0.2, 0.25) is 0 Å². The van der Waals surface area contributed by atoms with Crippen molar-refractivity contribution >= 4 is 78.4 Å². The van der Waals surface area contributed by atoms with Gasteiger partial charge in [-0.05, 0) is 145 Å². The normalized spacial score (nSPS) is 11.6. The number of nitrogens with one attached hydrogen (secondary N) is 2. The van der Waals surface area contributed by atoms with Gasteiger partial charge in [-0.15, -0.1) is 0 Å². The predicted octanol–water partition coefficient (Wildman–Crippen LogP) is 11.9. The largest absolute Gasteiger partial charge is 0.469 e. The molecule has 4 atom stereocenters. The highest BCUT2D eigenvalue weighted by Crippen LogP contribution is 2.46. The second kappa shape index (κ2) is 50.9. The van der Waals surface area contributed by atoms with Crippen molar-refractivity contribution in [2.75, 3.05) is 75.4 Å². The summed E-state index contributed by atoms with van der Waals surface area (Å²) < 4.78 is 50.5. The number of carbonyl (C=O) groups excluding carboxylic acids is 10. The molecule has 2 aliphatic rings. The van der Waals surface area contributed by atoms with Crippen LogP contribution in [0.3, 0.4) is 0 Å². The fourth-order valence-corrected chi connectivity index (χ4v) is 9.26. The first-order valence-electron chi connectivity index (χ1n) is 33.0. The van der Waals surface area contributed by atoms with Crippen molar-refractivity contribution in [1.29, 1.82) is 10.5 Å². The summed E-state index contributed by atoms with van der Waals surface area (Å²) in [5, 5.41) is 20.1. The molecule has 7 N–H and O–H groups in total. The maximum Gasteiger partial charge on any atom is 0.410 e. The number of likely N-dealkylation sites (N-methyl/N-ethyl adjacent to an activating group) is 3. The lowest BCUT2D eigenvalue weighted by atomic mass is 9.98. The second-order valence-corrected chi connectivity index (χ2v) is 25.6. The van der Waals surface area contributed by atoms with E-state index in [4.69, 9.17) is 41.3 Å². The molecule has 4 aromatic carbocycles. The van der Waals surface area contributed by atoms with Crippen LogP contribution < -0.4 is 22.5 Å². The van der Waals surface area contributed by atoms with Gasteiger partial charge in [0.15, 0.2) is 0 Å². The van der Waals surface area contributed by atoms with Crippen molar-refractivity contribution in [3.05, 3.63) is 119 Å². The number of alkyl halides is 1. The monoisotopic (exact) mass is 1470 g/mol. The first-order valence-corrected chi connectivity index (χ1v) is 33.4. The summed E-state index contributed by atoms with van der Waals surface area (Å²) in [6.45, 7) is 23.3. The zero-order valence-electron chi connectivity index (χ0n) is 63.5. The number of rotatable bonds is 20. The number of carbonyl (C=O) groups is 10. The number of benzene rings is 4. The van der Waals surface area contributed by atoms with Crippen LogP contribution in [0.5, 0.6) is 0 Å². The van der Waals surface area contributed by atoms with Gasteiger partial charge in [-0.2, -0.15) is 10.5 Å². The molecule has 2 unspecified atom stereocenters. The topological polar surface area (TPSA) is 378 Å². The molecule has 0 saturated heterocycles. The molecule has 0 saturated carbocycles. The summed E-state index contributed by atoms with van der Waals surface area (Å²) in [7, 11) is 9.87. The molecular formula is C73H110FN9O17P2. The Morgan fingerprint density at radius 1 is 0.588 bits per heavy atom. The van der Waals surface area contributed by atoms with Crippen LogP contribution in [0.15, 0.2) is 97.1 Å². The number of alkyl carbamates (subject to hydrolysis) is 2. The van der Waals surface area contributed by atoms with E-state index < -0.39 is 67.3 Å². The van der Waals surface area contributed by atoms with Crippen LogP contribution in [0.25, 0.3) is 22.3 Å². The first-order chi connectivity index (χ1) is 47.7. The Balaban J connectivity index is -0.00000215. The molecule has 0 bridgehead atoms. The number of hydrogen-bond donors (Lipinski definition) is 4. The van der Waals surface area contributed by atoms with E-state index >= 15 is 0 Å². The van der Waals surface area contributed by atoms with Crippen LogP contribution in [-0.2, 0) is 66.7 Å². The van der Waals surface area contributed by atoms with Gasteiger partial charge in [0, 0.05) is 79.3 Å². The lowest BCUT2D eigenvalue weighted by Crippen LogP contribution is -2.56. The molecule has 26 nitrogen and oxygen atoms in total. The highest BCUT2D eigenvalue weighted by atomic mass is 31.0. The van der Waals surface area contributed by atoms with Crippen molar-refractivity contribution in [3.8, 4) is 33.9 Å². The average molecular weight is 1470 g/mol. The van der Waals surface area contributed by atoms with Gasteiger partial charge < -0.3 is 70.4 Å². The number of esters is 4. The van der Waals surface area contributed by atoms with Crippen molar-refractivity contribution < 1.29 is 86.9 Å². The molecule has 2 aliphatic carbocycles. The third-order valence-electron chi connectivity index (χ3n) is 13.8. The molecule has 6 rings (SSSR count). The molecule has 0 fully saturated rings. The van der Waals surface area contributed by atoms with E-state index in [1.165, 1.54) is 59.0 Å². The van der Waals surface area contributed by atoms with E-state index in [-0.39, 0.29) is 92.3 Å². The smallest absolute Gasteiger partial charge is 0.410 e. The van der Waals surface area contributed by atoms with Gasteiger partial charge in [0.2, 0.25) is 17.7 Å². The predicted molar refractivity (Wildman–Crippen MR) is 396 cm³/mol. The zero-order valence-corrected chi connectivity index (χ0v) is 64.8. The Kier molecular flexibility index (Phi) is 47.3. The van der Waals surface area contributed by atoms with Crippen LogP contribution in [0, 0.1) is 22.1 Å². The number of fused-ring (bicyclic) bond motifs is 6. The molecule has 4 aromatic rings. The van der Waals surface area contributed by atoms with Crippen LogP contribution in [-0.4, -0.2) is 179 Å². The average Bonchev–Trinajstić information content (AvgIpc) is 1.63. The summed E-state index contributed by atoms with van der Waals surface area (Å²) in [4.78, 5) is 124. The number of ether oxygens (including phenoxy) is 7. The maximum absolute atomic E-state index is 14.3. The fourth-order valence-electron chi connectivity index (χ4n) is 9.26. The molecule has 102 heavy (non-hydrogen) atoms. The van der Waals surface area contributed by atoms with E-state index in [1.54, 1.807) is 46.2 Å². The Morgan fingerprint density at radius 3 is 1.22 bits per heavy atom. The minimum Gasteiger partial charge on any atom is -0.469 e. The molecule has 0 heterocycles. The summed E-state index contributed by atoms with van der Waals surface area (Å²) in [5.41, 5.74) is 12.8. The standard InChI is InChI=1S/C50H60N6O9.2C7H14O2.2C3H6O2.CH3F.2CH2NP.H3N/c1-50(2,3)65-49(62)55(5)28-27-54(4)46(59)43(29-44(51)57)56(6)45(58)42(53-48(61)64-31-41-38-23-13-9-19-34(38)35-20-10-14-24-39(35)41)25-15-16-26-52-47(60)63-30-40-36-21-11-7-17-32(36)33-18-8-12-22-37(33)40;2*1-5-6(8)9-7(2,3)4;2*1-3(4)5-2;1-2;2*2-1-3;/h7-14,17-24,40-43H,15-16,25-31H2,1-6H3,(H2,51,57)(H,52,60)(H,53,61);2*5H2,1-4H3;2*1-2H3;1H3;2*3H2;1H3/t42-,43-;;;;;;;;/m0......../s1/i;;;;;1D;;;. The molecule has 6 amide bonds. The summed E-state index contributed by atoms with van der Waals surface area (Å²) in [5.74, 6) is 0.190. The lowest BCUT2D eigenvalue weighted by Gasteiger charge is -2.33. The van der Waals surface area contributed by atoms with E-state index in [0.29, 0.717) is 25.7 Å². The first kappa shape index (κ1) is 94.8. The Morgan fingerprint density at radius 2 is 0.912 bits per heavy atom. The van der Waals surface area contributed by atoms with Gasteiger partial charge in [-0.25, -0.2) is 14.4 Å². The second-order valence-electron chi connectivity index (χ2n) is 25.1. The van der Waals surface area contributed by atoms with Gasteiger partial charge in [0.05, 0.1) is 40.8 Å². The highest BCUT2D eigenvalue weighted by molar-refractivity contribution is 7.23. The Hall–Kier alpha value is -9.29. The van der Waals surface area contributed by atoms with Crippen molar-refractivity contribution in [2.24, 2.45) is 5.73 Å². The zero-order chi connectivity index (χ0) is 78.5. The third-order valence-corrected chi connectivity index (χ3v) is 13.8. The number of nitrogens with zero attached hydrogens (tertiary/aromatic N) is 5. The molecule has 0 spiro atoms. The Labute approximate surface area is 608 Å². The van der Waals surface area contributed by atoms with Crippen LogP contribution in [0.4, 0.5) is 18.8 Å². The minimum atomic E-state index is -1.32. The lowest BCUT2D eigenvalue weighted by molar-refractivity contribution is -0.155. The number of halogens is 1. The molecule has 0 radical (unpaired) electrons. The summed E-state index contributed by atoms with van der Waals surface area (Å²) >= 11 is 0. The van der Waals surface area contributed by atoms with Gasteiger partial charge in [0.1, 0.15) is 42.1 Å². The minimum absolute atomic E-state index is 0. The van der Waals surface area contributed by atoms with Crippen molar-refractivity contribution in [2.45, 2.75) is 169 Å². The Bertz CT molecular complexity index is 3250. The molecule has 0 aliphatic heterocycles. The molecular weight excluding hydrogens is 1360 g/mol. The fraction of sp³-hybridized carbons (Fsp3) is 0.507. The van der Waals surface area contributed by atoms with Gasteiger partial charge >= 0.3 is 42.2 Å². The third kappa shape index (κ3) is 39.1. The number of primary amides is 1. The number of nitrogens with two attached hydrogens (primary N) is 1. The highest BCUT2D eigenvalue weighted by Gasteiger charge is 2.36. The van der Waals surface area contributed by atoms with Crippen molar-refractivity contribution in [1.82, 2.24) is 31.5 Å². The van der Waals surface area contributed by atoms with Gasteiger partial charge in [0.25, 0.3) is 0 Å². The molecule has 29 heteroatoms. The number of unbranched alkanes of at least 4 members (excludes halogenated alkanes) is 1. The van der Waals surface area contributed by atoms with E-state index in [9.17, 15) is 52.3 Å². The molecule has 566 valence electrons. The van der Waals surface area contributed by atoms with Gasteiger partial charge in [-0.3, -0.25) is 38.0 Å². The number of nitriles is 2. The maximum atomic E-state index is 14.3. The van der Waals surface area contributed by atoms with Crippen LogP contribution in [0.1, 0.15) is 164 Å². The van der Waals surface area contributed by atoms with Gasteiger partial charge in [-0.1, -0.05) is 111 Å². The summed E-state index contributed by atoms with van der Waals surface area (Å²) in [6.07, 6.45) is -0.683. The molecule has 0 aromatic heterocycles. The van der Waals surface area contributed by atoms with Crippen molar-refractivity contribution in [3.63, 3.8) is 0 Å². The summed E-state index contributed by atoms with van der Waals surface area (Å²) in [6, 6.07) is 29.5. The number of methoxy groups -OCH3 is 2. The van der Waals surface area contributed by atoms with E-state index in [2.05, 4.69) is 32.2 Å². The van der Waals surface area contributed by atoms with Crippen LogP contribution >= 0.6 is 18.5 Å². The SMILES string of the molecule is CCC(=O)OC(C)(C)C.CCC(=O)OC(C)(C)C.CN(CCN(C)C(=O)[C@H](CC(N)=O)N(C)C(=O)[C@H](CCCCNC(=O)OCC1c2ccccc2-c2ccccc21)NC(=O)OCC1c2ccccc2-c2ccccc21)C(=O)OC(C)(C)C.COC(C)=O.COC(C)=O.N.N#CP.N#CP.[2H]CF. The van der Waals surface area contributed by atoms with E-state index in [1.807, 2.05) is 145 Å².